The second-order valence-corrected chi connectivity index (χ2v) is 5.29. The second kappa shape index (κ2) is 4.22. The van der Waals surface area contributed by atoms with Crippen LogP contribution in [0.25, 0.3) is 0 Å². The van der Waals surface area contributed by atoms with Crippen LogP contribution in [0.3, 0.4) is 0 Å². The molecular formula is C15H9BrN2O. The van der Waals surface area contributed by atoms with Crippen LogP contribution in [0.15, 0.2) is 53.0 Å². The topological polar surface area (TPSA) is 52.9 Å². The fourth-order valence-corrected chi connectivity index (χ4v) is 2.84. The van der Waals surface area contributed by atoms with Crippen molar-refractivity contribution in [1.82, 2.24) is 0 Å². The summed E-state index contributed by atoms with van der Waals surface area (Å²) in [5.74, 6) is -0.297. The number of carbonyl (C=O) groups is 1. The minimum absolute atomic E-state index is 0.297. The third kappa shape index (κ3) is 1.59. The summed E-state index contributed by atoms with van der Waals surface area (Å²) in [6.45, 7) is 0. The zero-order chi connectivity index (χ0) is 13.5. The van der Waals surface area contributed by atoms with Gasteiger partial charge in [0.05, 0.1) is 6.07 Å². The van der Waals surface area contributed by atoms with Gasteiger partial charge in [-0.2, -0.15) is 5.26 Å². The molecule has 19 heavy (non-hydrogen) atoms. The molecule has 2 aromatic carbocycles. The van der Waals surface area contributed by atoms with Gasteiger partial charge in [-0.1, -0.05) is 46.3 Å². The van der Waals surface area contributed by atoms with Crippen LogP contribution in [0.2, 0.25) is 0 Å². The minimum Gasteiger partial charge on any atom is -0.324 e. The molecule has 92 valence electrons. The fraction of sp³-hybridized carbons (Fsp3) is 0.0667. The summed E-state index contributed by atoms with van der Waals surface area (Å²) >= 11 is 3.38. The van der Waals surface area contributed by atoms with Crippen LogP contribution in [-0.4, -0.2) is 5.91 Å². The van der Waals surface area contributed by atoms with E-state index in [-0.39, 0.29) is 5.91 Å². The van der Waals surface area contributed by atoms with Gasteiger partial charge < -0.3 is 5.32 Å². The predicted molar refractivity (Wildman–Crippen MR) is 75.6 cm³/mol. The Morgan fingerprint density at radius 1 is 1.16 bits per heavy atom. The highest BCUT2D eigenvalue weighted by atomic mass is 79.9. The minimum atomic E-state index is -1.26. The van der Waals surface area contributed by atoms with E-state index in [4.69, 9.17) is 0 Å². The largest absolute Gasteiger partial charge is 0.324 e. The zero-order valence-electron chi connectivity index (χ0n) is 9.85. The highest BCUT2D eigenvalue weighted by Crippen LogP contribution is 2.42. The Morgan fingerprint density at radius 2 is 1.95 bits per heavy atom. The van der Waals surface area contributed by atoms with Gasteiger partial charge in [0.1, 0.15) is 0 Å². The van der Waals surface area contributed by atoms with Crippen LogP contribution in [0.5, 0.6) is 0 Å². The van der Waals surface area contributed by atoms with E-state index in [0.717, 1.165) is 4.47 Å². The van der Waals surface area contributed by atoms with E-state index in [0.29, 0.717) is 16.8 Å². The van der Waals surface area contributed by atoms with E-state index in [1.807, 2.05) is 42.5 Å². The summed E-state index contributed by atoms with van der Waals surface area (Å²) in [6, 6.07) is 16.8. The Labute approximate surface area is 119 Å². The summed E-state index contributed by atoms with van der Waals surface area (Å²) in [4.78, 5) is 12.3. The van der Waals surface area contributed by atoms with Crippen LogP contribution >= 0.6 is 15.9 Å². The third-order valence-corrected chi connectivity index (χ3v) is 3.84. The molecule has 1 amide bonds. The highest BCUT2D eigenvalue weighted by molar-refractivity contribution is 9.10. The molecule has 1 aliphatic rings. The number of halogens is 1. The molecule has 0 saturated carbocycles. The summed E-state index contributed by atoms with van der Waals surface area (Å²) < 4.78 is 0.844. The van der Waals surface area contributed by atoms with Crippen molar-refractivity contribution in [2.24, 2.45) is 0 Å². The van der Waals surface area contributed by atoms with Crippen LogP contribution < -0.4 is 5.32 Å². The van der Waals surface area contributed by atoms with Gasteiger partial charge >= 0.3 is 0 Å². The van der Waals surface area contributed by atoms with Gasteiger partial charge in [-0.05, 0) is 23.8 Å². The maximum absolute atomic E-state index is 12.3. The van der Waals surface area contributed by atoms with Crippen LogP contribution in [0.4, 0.5) is 5.69 Å². The molecule has 1 N–H and O–H groups in total. The molecule has 0 spiro atoms. The first kappa shape index (κ1) is 11.9. The maximum Gasteiger partial charge on any atom is 0.254 e. The molecule has 0 aliphatic carbocycles. The number of para-hydroxylation sites is 1. The Hall–Kier alpha value is -2.12. The number of carbonyl (C=O) groups excluding carboxylic acids is 1. The number of nitrogens with zero attached hydrogens (tertiary/aromatic N) is 1. The first-order chi connectivity index (χ1) is 9.18. The van der Waals surface area contributed by atoms with Crippen LogP contribution in [-0.2, 0) is 10.2 Å². The first-order valence-electron chi connectivity index (χ1n) is 5.77. The average molecular weight is 313 g/mol. The van der Waals surface area contributed by atoms with Crippen molar-refractivity contribution in [2.45, 2.75) is 5.41 Å². The molecule has 2 aromatic rings. The van der Waals surface area contributed by atoms with E-state index >= 15 is 0 Å². The molecule has 3 rings (SSSR count). The maximum atomic E-state index is 12.3. The molecule has 0 bridgehead atoms. The molecule has 0 radical (unpaired) electrons. The van der Waals surface area contributed by atoms with Gasteiger partial charge in [-0.3, -0.25) is 4.79 Å². The molecule has 0 fully saturated rings. The van der Waals surface area contributed by atoms with Crippen molar-refractivity contribution < 1.29 is 4.79 Å². The molecule has 1 unspecified atom stereocenters. The Balaban J connectivity index is 2.31. The lowest BCUT2D eigenvalue weighted by Gasteiger charge is -2.19. The molecule has 0 saturated heterocycles. The molecule has 0 aromatic heterocycles. The van der Waals surface area contributed by atoms with Gasteiger partial charge in [-0.25, -0.2) is 0 Å². The van der Waals surface area contributed by atoms with Gasteiger partial charge in [0.15, 0.2) is 5.41 Å². The molecule has 3 nitrogen and oxygen atoms in total. The molecule has 4 heteroatoms. The smallest absolute Gasteiger partial charge is 0.254 e. The van der Waals surface area contributed by atoms with E-state index in [2.05, 4.69) is 27.3 Å². The van der Waals surface area contributed by atoms with Gasteiger partial charge in [-0.15, -0.1) is 0 Å². The fourth-order valence-electron chi connectivity index (χ4n) is 2.44. The summed E-state index contributed by atoms with van der Waals surface area (Å²) in [5.41, 5.74) is 0.821. The molecule has 1 aliphatic heterocycles. The number of hydrogen-bond acceptors (Lipinski definition) is 2. The van der Waals surface area contributed by atoms with Crippen molar-refractivity contribution in [3.8, 4) is 6.07 Å². The number of anilines is 1. The number of rotatable bonds is 1. The van der Waals surface area contributed by atoms with E-state index in [1.54, 1.807) is 6.07 Å². The predicted octanol–water partition coefficient (Wildman–Crippen LogP) is 3.21. The Kier molecular flexibility index (Phi) is 2.65. The highest BCUT2D eigenvalue weighted by Gasteiger charge is 2.48. The summed E-state index contributed by atoms with van der Waals surface area (Å²) in [5, 5.41) is 12.4. The number of amides is 1. The van der Waals surface area contributed by atoms with Crippen molar-refractivity contribution in [1.29, 1.82) is 5.26 Å². The molecule has 1 atom stereocenters. The quantitative estimate of drug-likeness (QED) is 0.879. The standard InChI is InChI=1S/C15H9BrN2O/c16-11-5-3-4-10(8-11)15(9-17)12-6-1-2-7-13(12)18-14(15)19/h1-8H,(H,18,19). The average Bonchev–Trinajstić information content (AvgIpc) is 2.71. The van der Waals surface area contributed by atoms with Crippen LogP contribution in [0, 0.1) is 11.3 Å². The number of nitriles is 1. The molecular weight excluding hydrogens is 304 g/mol. The number of benzene rings is 2. The van der Waals surface area contributed by atoms with E-state index in [1.165, 1.54) is 0 Å². The van der Waals surface area contributed by atoms with Gasteiger partial charge in [0.25, 0.3) is 5.91 Å². The van der Waals surface area contributed by atoms with Gasteiger partial charge in [0.2, 0.25) is 0 Å². The van der Waals surface area contributed by atoms with Gasteiger partial charge in [0, 0.05) is 15.7 Å². The van der Waals surface area contributed by atoms with Crippen LogP contribution in [0.1, 0.15) is 11.1 Å². The second-order valence-electron chi connectivity index (χ2n) is 4.37. The number of fused-ring (bicyclic) bond motifs is 1. The lowest BCUT2D eigenvalue weighted by Crippen LogP contribution is -2.34. The zero-order valence-corrected chi connectivity index (χ0v) is 11.4. The van der Waals surface area contributed by atoms with Crippen molar-refractivity contribution >= 4 is 27.5 Å². The van der Waals surface area contributed by atoms with E-state index < -0.39 is 5.41 Å². The Bertz CT molecular complexity index is 720. The van der Waals surface area contributed by atoms with Crippen molar-refractivity contribution in [3.05, 3.63) is 64.1 Å². The Morgan fingerprint density at radius 3 is 2.68 bits per heavy atom. The number of hydrogen-bond donors (Lipinski definition) is 1. The summed E-state index contributed by atoms with van der Waals surface area (Å²) in [7, 11) is 0. The van der Waals surface area contributed by atoms with E-state index in [9.17, 15) is 10.1 Å². The third-order valence-electron chi connectivity index (χ3n) is 3.35. The normalized spacial score (nSPS) is 20.5. The van der Waals surface area contributed by atoms with Crippen molar-refractivity contribution in [2.75, 3.05) is 5.32 Å². The molecule has 1 heterocycles. The first-order valence-corrected chi connectivity index (χ1v) is 6.56. The SMILES string of the molecule is N#CC1(c2cccc(Br)c2)C(=O)Nc2ccccc21. The monoisotopic (exact) mass is 312 g/mol. The van der Waals surface area contributed by atoms with Crippen molar-refractivity contribution in [3.63, 3.8) is 0 Å². The lowest BCUT2D eigenvalue weighted by molar-refractivity contribution is -0.118. The number of nitrogens with one attached hydrogen (secondary N) is 1. The summed E-state index contributed by atoms with van der Waals surface area (Å²) in [6.07, 6.45) is 0. The lowest BCUT2D eigenvalue weighted by atomic mass is 9.77.